The highest BCUT2D eigenvalue weighted by Crippen LogP contribution is 2.14. The van der Waals surface area contributed by atoms with E-state index >= 15 is 0 Å². The molecule has 0 aliphatic carbocycles. The number of rotatable bonds is 5. The maximum absolute atomic E-state index is 4.36. The van der Waals surface area contributed by atoms with Crippen LogP contribution in [0.25, 0.3) is 0 Å². The van der Waals surface area contributed by atoms with Crippen molar-refractivity contribution >= 4 is 21.9 Å². The second kappa shape index (κ2) is 8.15. The molecule has 124 valence electrons. The Labute approximate surface area is 146 Å². The summed E-state index contributed by atoms with van der Waals surface area (Å²) in [6, 6.07) is 6.29. The molecule has 23 heavy (non-hydrogen) atoms. The number of pyridine rings is 1. The highest BCUT2D eigenvalue weighted by Gasteiger charge is 2.09. The quantitative estimate of drug-likeness (QED) is 0.643. The van der Waals surface area contributed by atoms with Crippen LogP contribution in [0.15, 0.2) is 40.1 Å². The first-order valence-electron chi connectivity index (χ1n) is 7.63. The molecule has 0 fully saturated rings. The van der Waals surface area contributed by atoms with E-state index in [0.29, 0.717) is 0 Å². The summed E-state index contributed by atoms with van der Waals surface area (Å²) in [6.45, 7) is 3.63. The van der Waals surface area contributed by atoms with Gasteiger partial charge < -0.3 is 14.8 Å². The minimum atomic E-state index is 0.799. The third-order valence-corrected chi connectivity index (χ3v) is 4.15. The number of halogens is 1. The van der Waals surface area contributed by atoms with Gasteiger partial charge in [0.25, 0.3) is 0 Å². The van der Waals surface area contributed by atoms with Gasteiger partial charge in [0.15, 0.2) is 5.96 Å². The van der Waals surface area contributed by atoms with E-state index in [-0.39, 0.29) is 0 Å². The van der Waals surface area contributed by atoms with E-state index in [1.54, 1.807) is 0 Å². The van der Waals surface area contributed by atoms with Crippen molar-refractivity contribution in [3.63, 3.8) is 0 Å². The second-order valence-electron chi connectivity index (χ2n) is 5.65. The first kappa shape index (κ1) is 17.5. The molecule has 0 unspecified atom stereocenters. The summed E-state index contributed by atoms with van der Waals surface area (Å²) >= 11 is 3.51. The molecule has 6 heteroatoms. The fraction of sp³-hybridized carbons (Fsp3) is 0.412. The molecular weight excluding hydrogens is 354 g/mol. The molecular formula is C17H24BrN5. The predicted octanol–water partition coefficient (Wildman–Crippen LogP) is 2.74. The van der Waals surface area contributed by atoms with Crippen molar-refractivity contribution in [3.05, 3.63) is 52.0 Å². The van der Waals surface area contributed by atoms with Gasteiger partial charge >= 0.3 is 0 Å². The van der Waals surface area contributed by atoms with Gasteiger partial charge in [-0.2, -0.15) is 0 Å². The number of nitrogens with zero attached hydrogens (tertiary/aromatic N) is 4. The summed E-state index contributed by atoms with van der Waals surface area (Å²) in [5, 5.41) is 3.41. The van der Waals surface area contributed by atoms with Gasteiger partial charge in [0.1, 0.15) is 0 Å². The van der Waals surface area contributed by atoms with Gasteiger partial charge in [0.2, 0.25) is 0 Å². The summed E-state index contributed by atoms with van der Waals surface area (Å²) in [4.78, 5) is 10.8. The zero-order chi connectivity index (χ0) is 16.8. The van der Waals surface area contributed by atoms with Crippen LogP contribution in [0.3, 0.4) is 0 Å². The Morgan fingerprint density at radius 3 is 2.78 bits per heavy atom. The van der Waals surface area contributed by atoms with Crippen molar-refractivity contribution < 1.29 is 0 Å². The van der Waals surface area contributed by atoms with Gasteiger partial charge in [-0.1, -0.05) is 6.07 Å². The van der Waals surface area contributed by atoms with Crippen LogP contribution in [0, 0.1) is 6.92 Å². The Bertz CT molecular complexity index is 660. The lowest BCUT2D eigenvalue weighted by molar-refractivity contribution is 0.462. The highest BCUT2D eigenvalue weighted by molar-refractivity contribution is 9.10. The minimum Gasteiger partial charge on any atom is -0.356 e. The molecule has 0 amide bonds. The average Bonchev–Trinajstić information content (AvgIpc) is 2.83. The first-order chi connectivity index (χ1) is 11.0. The molecule has 0 aromatic carbocycles. The van der Waals surface area contributed by atoms with E-state index in [1.165, 1.54) is 11.3 Å². The Morgan fingerprint density at radius 2 is 2.22 bits per heavy atom. The number of hydrogen-bond acceptors (Lipinski definition) is 2. The molecule has 0 saturated heterocycles. The summed E-state index contributed by atoms with van der Waals surface area (Å²) in [5.41, 5.74) is 3.50. The van der Waals surface area contributed by atoms with Crippen LogP contribution in [-0.2, 0) is 20.0 Å². The zero-order valence-electron chi connectivity index (χ0n) is 14.2. The number of aromatic nitrogens is 2. The van der Waals surface area contributed by atoms with Gasteiger partial charge in [-0.25, -0.2) is 0 Å². The number of aliphatic imine (C=N–C) groups is 1. The van der Waals surface area contributed by atoms with Crippen LogP contribution in [0.2, 0.25) is 0 Å². The number of guanidine groups is 1. The third kappa shape index (κ3) is 5.10. The molecule has 1 N–H and O–H groups in total. The fourth-order valence-electron chi connectivity index (χ4n) is 2.39. The summed E-state index contributed by atoms with van der Waals surface area (Å²) in [7, 11) is 5.91. The Kier molecular flexibility index (Phi) is 6.21. The van der Waals surface area contributed by atoms with E-state index in [2.05, 4.69) is 66.1 Å². The van der Waals surface area contributed by atoms with E-state index < -0.39 is 0 Å². The third-order valence-electron chi connectivity index (χ3n) is 3.72. The van der Waals surface area contributed by atoms with E-state index in [0.717, 1.165) is 35.6 Å². The van der Waals surface area contributed by atoms with Crippen LogP contribution in [0.5, 0.6) is 0 Å². The molecule has 5 nitrogen and oxygen atoms in total. The van der Waals surface area contributed by atoms with Gasteiger partial charge in [-0.3, -0.25) is 9.98 Å². The molecule has 2 heterocycles. The molecule has 0 saturated carbocycles. The predicted molar refractivity (Wildman–Crippen MR) is 98.6 cm³/mol. The van der Waals surface area contributed by atoms with Crippen molar-refractivity contribution in [2.45, 2.75) is 19.9 Å². The summed E-state index contributed by atoms with van der Waals surface area (Å²) in [5.74, 6) is 0.891. The number of nitrogens with one attached hydrogen (secondary N) is 1. The standard InChI is InChI=1S/C17H24BrN5/c1-13-5-6-14(10-21-13)7-8-20-17(19-2)23(4)12-16-9-15(18)11-22(16)3/h5-6,9-11H,7-8,12H2,1-4H3,(H,19,20). The SMILES string of the molecule is CN=C(NCCc1ccc(C)nc1)N(C)Cc1cc(Br)cn1C. The maximum atomic E-state index is 4.36. The van der Waals surface area contributed by atoms with Gasteiger partial charge in [0, 0.05) is 55.9 Å². The first-order valence-corrected chi connectivity index (χ1v) is 8.43. The van der Waals surface area contributed by atoms with Crippen molar-refractivity contribution in [2.75, 3.05) is 20.6 Å². The monoisotopic (exact) mass is 377 g/mol. The van der Waals surface area contributed by atoms with E-state index in [4.69, 9.17) is 0 Å². The summed E-state index contributed by atoms with van der Waals surface area (Å²) < 4.78 is 3.21. The van der Waals surface area contributed by atoms with Crippen LogP contribution >= 0.6 is 15.9 Å². The molecule has 2 rings (SSSR count). The molecule has 0 aliphatic heterocycles. The van der Waals surface area contributed by atoms with E-state index in [9.17, 15) is 0 Å². The molecule has 0 radical (unpaired) electrons. The number of hydrogen-bond donors (Lipinski definition) is 1. The second-order valence-corrected chi connectivity index (χ2v) is 6.56. The molecule has 0 spiro atoms. The van der Waals surface area contributed by atoms with Crippen molar-refractivity contribution in [1.82, 2.24) is 19.8 Å². The number of aryl methyl sites for hydroxylation is 2. The van der Waals surface area contributed by atoms with Gasteiger partial charge in [-0.15, -0.1) is 0 Å². The zero-order valence-corrected chi connectivity index (χ0v) is 15.8. The lowest BCUT2D eigenvalue weighted by Crippen LogP contribution is -2.39. The smallest absolute Gasteiger partial charge is 0.193 e. The van der Waals surface area contributed by atoms with Crippen LogP contribution in [0.1, 0.15) is 17.0 Å². The van der Waals surface area contributed by atoms with E-state index in [1.807, 2.05) is 33.3 Å². The average molecular weight is 378 g/mol. The van der Waals surface area contributed by atoms with Gasteiger partial charge in [-0.05, 0) is 47.0 Å². The van der Waals surface area contributed by atoms with Crippen molar-refractivity contribution in [3.8, 4) is 0 Å². The van der Waals surface area contributed by atoms with Crippen LogP contribution in [0.4, 0.5) is 0 Å². The van der Waals surface area contributed by atoms with Crippen LogP contribution in [-0.4, -0.2) is 41.1 Å². The molecule has 0 bridgehead atoms. The normalized spacial score (nSPS) is 11.6. The van der Waals surface area contributed by atoms with Crippen LogP contribution < -0.4 is 5.32 Å². The topological polar surface area (TPSA) is 45.5 Å². The molecule has 2 aromatic heterocycles. The Balaban J connectivity index is 1.87. The fourth-order valence-corrected chi connectivity index (χ4v) is 2.96. The maximum Gasteiger partial charge on any atom is 0.193 e. The summed E-state index contributed by atoms with van der Waals surface area (Å²) in [6.07, 6.45) is 4.92. The van der Waals surface area contributed by atoms with Crippen molar-refractivity contribution in [1.29, 1.82) is 0 Å². The Morgan fingerprint density at radius 1 is 1.43 bits per heavy atom. The molecule has 2 aromatic rings. The molecule has 0 atom stereocenters. The minimum absolute atomic E-state index is 0.799. The van der Waals surface area contributed by atoms with Gasteiger partial charge in [0.05, 0.1) is 6.54 Å². The largest absolute Gasteiger partial charge is 0.356 e. The molecule has 0 aliphatic rings. The highest BCUT2D eigenvalue weighted by atomic mass is 79.9. The Hall–Kier alpha value is -1.82. The lowest BCUT2D eigenvalue weighted by atomic mass is 10.2. The lowest BCUT2D eigenvalue weighted by Gasteiger charge is -2.22. The van der Waals surface area contributed by atoms with Crippen molar-refractivity contribution in [2.24, 2.45) is 12.0 Å².